The molecule has 5 heteroatoms. The van der Waals surface area contributed by atoms with Crippen molar-refractivity contribution in [3.8, 4) is 0 Å². The number of rotatable bonds is 3. The van der Waals surface area contributed by atoms with Crippen LogP contribution in [0.1, 0.15) is 20.9 Å². The van der Waals surface area contributed by atoms with E-state index in [1.54, 1.807) is 6.07 Å². The molecule has 0 saturated heterocycles. The van der Waals surface area contributed by atoms with E-state index in [2.05, 4.69) is 15.9 Å². The standard InChI is InChI=1S/C13H12BrNO2S/c1-8-9(2)18-13(17)15(8)7-12(16)10-5-3-4-6-11(10)14/h3-6H,7H2,1-2H3. The summed E-state index contributed by atoms with van der Waals surface area (Å²) in [7, 11) is 0. The van der Waals surface area contributed by atoms with Crippen molar-refractivity contribution in [3.63, 3.8) is 0 Å². The van der Waals surface area contributed by atoms with E-state index in [9.17, 15) is 9.59 Å². The molecule has 0 aliphatic heterocycles. The van der Waals surface area contributed by atoms with Crippen LogP contribution in [0, 0.1) is 13.8 Å². The number of benzene rings is 1. The molecule has 0 unspecified atom stereocenters. The van der Waals surface area contributed by atoms with Crippen molar-refractivity contribution in [2.45, 2.75) is 20.4 Å². The van der Waals surface area contributed by atoms with Crippen molar-refractivity contribution in [1.82, 2.24) is 4.57 Å². The minimum Gasteiger partial charge on any atom is -0.295 e. The summed E-state index contributed by atoms with van der Waals surface area (Å²) in [5.41, 5.74) is 1.47. The molecule has 0 radical (unpaired) electrons. The molecule has 2 rings (SSSR count). The van der Waals surface area contributed by atoms with Gasteiger partial charge in [0.2, 0.25) is 0 Å². The number of hydrogen-bond donors (Lipinski definition) is 0. The quantitative estimate of drug-likeness (QED) is 0.813. The largest absolute Gasteiger partial charge is 0.307 e. The van der Waals surface area contributed by atoms with Crippen LogP contribution in [0.3, 0.4) is 0 Å². The number of thiazole rings is 1. The number of carbonyl (C=O) groups is 1. The van der Waals surface area contributed by atoms with Gasteiger partial charge in [0.25, 0.3) is 0 Å². The van der Waals surface area contributed by atoms with Gasteiger partial charge in [-0.1, -0.05) is 45.5 Å². The van der Waals surface area contributed by atoms with Gasteiger partial charge in [0, 0.05) is 20.6 Å². The van der Waals surface area contributed by atoms with E-state index in [1.807, 2.05) is 32.0 Å². The molecule has 0 aliphatic carbocycles. The number of halogens is 1. The van der Waals surface area contributed by atoms with E-state index in [-0.39, 0.29) is 17.2 Å². The Morgan fingerprint density at radius 3 is 2.56 bits per heavy atom. The summed E-state index contributed by atoms with van der Waals surface area (Å²) in [6.07, 6.45) is 0. The van der Waals surface area contributed by atoms with Crippen molar-refractivity contribution in [3.05, 3.63) is 54.5 Å². The Morgan fingerprint density at radius 2 is 2.00 bits per heavy atom. The first-order chi connectivity index (χ1) is 8.50. The van der Waals surface area contributed by atoms with Crippen LogP contribution in [-0.4, -0.2) is 10.4 Å². The van der Waals surface area contributed by atoms with Gasteiger partial charge in [0.15, 0.2) is 5.78 Å². The van der Waals surface area contributed by atoms with Crippen LogP contribution in [0.2, 0.25) is 0 Å². The topological polar surface area (TPSA) is 39.1 Å². The van der Waals surface area contributed by atoms with Crippen LogP contribution in [0.5, 0.6) is 0 Å². The molecular weight excluding hydrogens is 314 g/mol. The fourth-order valence-electron chi connectivity index (χ4n) is 1.69. The fourth-order valence-corrected chi connectivity index (χ4v) is 3.02. The monoisotopic (exact) mass is 325 g/mol. The molecule has 94 valence electrons. The Kier molecular flexibility index (Phi) is 3.82. The van der Waals surface area contributed by atoms with Crippen molar-refractivity contribution in [2.75, 3.05) is 0 Å². The molecule has 0 atom stereocenters. The molecule has 0 aliphatic rings. The molecule has 2 aromatic rings. The highest BCUT2D eigenvalue weighted by Gasteiger charge is 2.14. The predicted octanol–water partition coefficient (Wildman–Crippen LogP) is 3.17. The lowest BCUT2D eigenvalue weighted by molar-refractivity contribution is 0.0970. The Morgan fingerprint density at radius 1 is 1.33 bits per heavy atom. The lowest BCUT2D eigenvalue weighted by Gasteiger charge is -2.06. The van der Waals surface area contributed by atoms with Crippen LogP contribution in [-0.2, 0) is 6.54 Å². The lowest BCUT2D eigenvalue weighted by Crippen LogP contribution is -2.20. The zero-order valence-corrected chi connectivity index (χ0v) is 12.5. The van der Waals surface area contributed by atoms with Crippen LogP contribution in [0.15, 0.2) is 33.5 Å². The highest BCUT2D eigenvalue weighted by Crippen LogP contribution is 2.18. The smallest absolute Gasteiger partial charge is 0.295 e. The second kappa shape index (κ2) is 5.20. The van der Waals surface area contributed by atoms with Crippen LogP contribution in [0.25, 0.3) is 0 Å². The summed E-state index contributed by atoms with van der Waals surface area (Å²) < 4.78 is 2.29. The van der Waals surface area contributed by atoms with E-state index in [0.29, 0.717) is 5.56 Å². The van der Waals surface area contributed by atoms with Gasteiger partial charge in [-0.2, -0.15) is 0 Å². The summed E-state index contributed by atoms with van der Waals surface area (Å²) in [4.78, 5) is 24.8. The maximum absolute atomic E-state index is 12.2. The Labute approximate surface area is 117 Å². The first-order valence-corrected chi connectivity index (χ1v) is 7.06. The first kappa shape index (κ1) is 13.2. The second-order valence-corrected chi connectivity index (χ2v) is 6.02. The molecule has 3 nitrogen and oxygen atoms in total. The van der Waals surface area contributed by atoms with Gasteiger partial charge >= 0.3 is 4.87 Å². The second-order valence-electron chi connectivity index (χ2n) is 4.00. The van der Waals surface area contributed by atoms with Crippen molar-refractivity contribution in [2.24, 2.45) is 0 Å². The zero-order valence-electron chi connectivity index (χ0n) is 10.1. The molecule has 1 aromatic heterocycles. The van der Waals surface area contributed by atoms with Gasteiger partial charge in [-0.25, -0.2) is 0 Å². The third-order valence-corrected chi connectivity index (χ3v) is 4.54. The maximum Gasteiger partial charge on any atom is 0.307 e. The minimum atomic E-state index is -0.0783. The van der Waals surface area contributed by atoms with Crippen molar-refractivity contribution < 1.29 is 4.79 Å². The number of ketones is 1. The number of hydrogen-bond acceptors (Lipinski definition) is 3. The van der Waals surface area contributed by atoms with Crippen molar-refractivity contribution in [1.29, 1.82) is 0 Å². The minimum absolute atomic E-state index is 0.0644. The molecule has 0 bridgehead atoms. The average Bonchev–Trinajstić information content (AvgIpc) is 2.56. The predicted molar refractivity (Wildman–Crippen MR) is 76.5 cm³/mol. The molecule has 1 aromatic carbocycles. The van der Waals surface area contributed by atoms with Crippen LogP contribution < -0.4 is 4.87 Å². The number of Topliss-reactive ketones (excluding diaryl/α,β-unsaturated/α-hetero) is 1. The van der Waals surface area contributed by atoms with Gasteiger partial charge in [-0.05, 0) is 19.9 Å². The third-order valence-electron chi connectivity index (χ3n) is 2.85. The van der Waals surface area contributed by atoms with E-state index in [4.69, 9.17) is 0 Å². The highest BCUT2D eigenvalue weighted by molar-refractivity contribution is 9.10. The Hall–Kier alpha value is -1.20. The lowest BCUT2D eigenvalue weighted by atomic mass is 10.1. The van der Waals surface area contributed by atoms with Crippen molar-refractivity contribution >= 4 is 33.0 Å². The normalized spacial score (nSPS) is 10.6. The summed E-state index contributed by atoms with van der Waals surface area (Å²) in [6.45, 7) is 3.85. The molecule has 0 fully saturated rings. The SMILES string of the molecule is Cc1sc(=O)n(CC(=O)c2ccccc2Br)c1C. The summed E-state index contributed by atoms with van der Waals surface area (Å²) in [5.74, 6) is -0.0644. The number of carbonyl (C=O) groups excluding carboxylic acids is 1. The molecule has 0 amide bonds. The third kappa shape index (κ3) is 2.47. The molecule has 0 saturated carbocycles. The first-order valence-electron chi connectivity index (χ1n) is 5.45. The summed E-state index contributed by atoms with van der Waals surface area (Å²) >= 11 is 4.53. The molecule has 18 heavy (non-hydrogen) atoms. The average molecular weight is 326 g/mol. The van der Waals surface area contributed by atoms with Crippen LogP contribution >= 0.6 is 27.3 Å². The highest BCUT2D eigenvalue weighted by atomic mass is 79.9. The molecule has 1 heterocycles. The Bertz CT molecular complexity index is 657. The summed E-state index contributed by atoms with van der Waals surface area (Å²) in [5, 5.41) is 0. The van der Waals surface area contributed by atoms with E-state index in [0.717, 1.165) is 15.0 Å². The van der Waals surface area contributed by atoms with Gasteiger partial charge in [-0.3, -0.25) is 14.2 Å². The van der Waals surface area contributed by atoms with Gasteiger partial charge in [0.1, 0.15) is 0 Å². The zero-order chi connectivity index (χ0) is 13.3. The van der Waals surface area contributed by atoms with Gasteiger partial charge in [0.05, 0.1) is 6.54 Å². The number of aromatic nitrogens is 1. The van der Waals surface area contributed by atoms with E-state index in [1.165, 1.54) is 15.9 Å². The molecular formula is C13H12BrNO2S. The number of aryl methyl sites for hydroxylation is 1. The van der Waals surface area contributed by atoms with Crippen LogP contribution in [0.4, 0.5) is 0 Å². The maximum atomic E-state index is 12.2. The molecule has 0 N–H and O–H groups in total. The number of nitrogens with zero attached hydrogens (tertiary/aromatic N) is 1. The van der Waals surface area contributed by atoms with Gasteiger partial charge in [-0.15, -0.1) is 0 Å². The van der Waals surface area contributed by atoms with E-state index < -0.39 is 0 Å². The van der Waals surface area contributed by atoms with E-state index >= 15 is 0 Å². The summed E-state index contributed by atoms with van der Waals surface area (Å²) in [6, 6.07) is 7.24. The Balaban J connectivity index is 2.33. The fraction of sp³-hybridized carbons (Fsp3) is 0.231. The molecule has 0 spiro atoms. The van der Waals surface area contributed by atoms with Gasteiger partial charge < -0.3 is 0 Å².